The van der Waals surface area contributed by atoms with Crippen molar-refractivity contribution >= 4 is 5.97 Å². The molecule has 114 valence electrons. The fourth-order valence-electron chi connectivity index (χ4n) is 1.15. The molecule has 0 aliphatic carbocycles. The highest BCUT2D eigenvalue weighted by atomic mass is 17.5. The molecule has 6 heteroatoms. The molecule has 0 fully saturated rings. The fourth-order valence-corrected chi connectivity index (χ4v) is 1.15. The Morgan fingerprint density at radius 2 is 1.58 bits per heavy atom. The van der Waals surface area contributed by atoms with Crippen LogP contribution in [0.3, 0.4) is 0 Å². The van der Waals surface area contributed by atoms with Crippen molar-refractivity contribution in [3.8, 4) is 0 Å². The molecular weight excluding hydrogens is 252 g/mol. The molecule has 0 aliphatic rings. The summed E-state index contributed by atoms with van der Waals surface area (Å²) in [6, 6.07) is 0. The van der Waals surface area contributed by atoms with Gasteiger partial charge in [-0.05, 0) is 24.3 Å². The lowest BCUT2D eigenvalue weighted by Crippen LogP contribution is -2.27. The molecule has 1 atom stereocenters. The van der Waals surface area contributed by atoms with Crippen molar-refractivity contribution < 1.29 is 29.4 Å². The maximum absolute atomic E-state index is 11.6. The van der Waals surface area contributed by atoms with Gasteiger partial charge in [0.15, 0.2) is 6.10 Å². The molecule has 0 radical (unpaired) electrons. The average molecular weight is 278 g/mol. The van der Waals surface area contributed by atoms with Gasteiger partial charge in [0.2, 0.25) is 0 Å². The molecule has 0 aromatic rings. The van der Waals surface area contributed by atoms with Crippen molar-refractivity contribution in [1.82, 2.24) is 0 Å². The van der Waals surface area contributed by atoms with Crippen LogP contribution in [0.1, 0.15) is 59.3 Å². The van der Waals surface area contributed by atoms with Gasteiger partial charge in [-0.25, -0.2) is 14.6 Å². The van der Waals surface area contributed by atoms with Gasteiger partial charge >= 0.3 is 5.97 Å². The molecule has 6 nitrogen and oxygen atoms in total. The number of hydrogen-bond acceptors (Lipinski definition) is 6. The van der Waals surface area contributed by atoms with E-state index in [1.165, 1.54) is 0 Å². The second-order valence-electron chi connectivity index (χ2n) is 4.20. The Balaban J connectivity index is 3.76. The van der Waals surface area contributed by atoms with Gasteiger partial charge in [0.1, 0.15) is 0 Å². The van der Waals surface area contributed by atoms with Gasteiger partial charge in [-0.1, -0.05) is 40.0 Å². The van der Waals surface area contributed by atoms with Crippen LogP contribution in [-0.2, 0) is 29.4 Å². The Kier molecular flexibility index (Phi) is 13.2. The molecular formula is C13H26O6. The highest BCUT2D eigenvalue weighted by Crippen LogP contribution is 2.06. The van der Waals surface area contributed by atoms with E-state index in [9.17, 15) is 4.79 Å². The molecule has 0 aromatic carbocycles. The van der Waals surface area contributed by atoms with Crippen molar-refractivity contribution in [2.45, 2.75) is 65.4 Å². The summed E-state index contributed by atoms with van der Waals surface area (Å²) in [5, 5.41) is 4.37. The van der Waals surface area contributed by atoms with Gasteiger partial charge in [0.25, 0.3) is 0 Å². The standard InChI is InChI=1S/C13H26O6/c1-4-7-10-15-17-12(9-6-3)13(14)18-19-16-11-8-5-2/h12H,4-11H2,1-3H3. The predicted molar refractivity (Wildman–Crippen MR) is 68.7 cm³/mol. The molecule has 0 aromatic heterocycles. The van der Waals surface area contributed by atoms with E-state index in [2.05, 4.69) is 14.8 Å². The average Bonchev–Trinajstić information content (AvgIpc) is 2.42. The van der Waals surface area contributed by atoms with Gasteiger partial charge in [-0.2, -0.15) is 4.89 Å². The molecule has 0 rings (SSSR count). The van der Waals surface area contributed by atoms with Gasteiger partial charge in [0.05, 0.1) is 13.2 Å². The quantitative estimate of drug-likeness (QED) is 0.293. The molecule has 0 saturated heterocycles. The van der Waals surface area contributed by atoms with Crippen LogP contribution in [0.2, 0.25) is 0 Å². The number of unbranched alkanes of at least 4 members (excludes halogenated alkanes) is 2. The van der Waals surface area contributed by atoms with Crippen LogP contribution in [-0.4, -0.2) is 25.3 Å². The SMILES string of the molecule is CCCCOOOC(=O)C(CCC)OOCCCC. The number of rotatable bonds is 13. The van der Waals surface area contributed by atoms with E-state index in [4.69, 9.17) is 9.78 Å². The van der Waals surface area contributed by atoms with Crippen LogP contribution < -0.4 is 0 Å². The topological polar surface area (TPSA) is 63.2 Å². The van der Waals surface area contributed by atoms with E-state index in [1.54, 1.807) is 0 Å². The van der Waals surface area contributed by atoms with Crippen LogP contribution in [0.4, 0.5) is 0 Å². The Hall–Kier alpha value is -0.690. The van der Waals surface area contributed by atoms with Gasteiger partial charge < -0.3 is 0 Å². The summed E-state index contributed by atoms with van der Waals surface area (Å²) in [6.07, 6.45) is 4.19. The van der Waals surface area contributed by atoms with E-state index >= 15 is 0 Å². The molecule has 0 spiro atoms. The summed E-state index contributed by atoms with van der Waals surface area (Å²) in [5.74, 6) is -0.644. The first-order chi connectivity index (χ1) is 9.26. The van der Waals surface area contributed by atoms with Gasteiger partial charge in [0, 0.05) is 0 Å². The summed E-state index contributed by atoms with van der Waals surface area (Å²) in [5.41, 5.74) is 0. The Labute approximate surface area is 115 Å². The van der Waals surface area contributed by atoms with Crippen molar-refractivity contribution in [1.29, 1.82) is 0 Å². The fraction of sp³-hybridized carbons (Fsp3) is 0.923. The maximum Gasteiger partial charge on any atom is 0.377 e. The lowest BCUT2D eigenvalue weighted by Gasteiger charge is -2.13. The van der Waals surface area contributed by atoms with Crippen molar-refractivity contribution in [2.75, 3.05) is 13.2 Å². The molecule has 0 N–H and O–H groups in total. The third-order valence-electron chi connectivity index (χ3n) is 2.32. The minimum absolute atomic E-state index is 0.385. The second kappa shape index (κ2) is 13.7. The Morgan fingerprint density at radius 3 is 2.16 bits per heavy atom. The van der Waals surface area contributed by atoms with E-state index < -0.39 is 12.1 Å². The third-order valence-corrected chi connectivity index (χ3v) is 2.32. The van der Waals surface area contributed by atoms with Gasteiger partial charge in [-0.15, -0.1) is 0 Å². The smallest absolute Gasteiger partial charge is 0.266 e. The summed E-state index contributed by atoms with van der Waals surface area (Å²) >= 11 is 0. The van der Waals surface area contributed by atoms with Crippen LogP contribution in [0.5, 0.6) is 0 Å². The van der Waals surface area contributed by atoms with E-state index in [0.717, 1.165) is 32.1 Å². The summed E-state index contributed by atoms with van der Waals surface area (Å²) in [7, 11) is 0. The molecule has 0 heterocycles. The molecule has 0 amide bonds. The van der Waals surface area contributed by atoms with Crippen LogP contribution >= 0.6 is 0 Å². The van der Waals surface area contributed by atoms with E-state index in [-0.39, 0.29) is 0 Å². The normalized spacial score (nSPS) is 12.4. The summed E-state index contributed by atoms with van der Waals surface area (Å²) in [4.78, 5) is 30.7. The Bertz CT molecular complexity index is 209. The molecule has 0 aliphatic heterocycles. The van der Waals surface area contributed by atoms with Crippen molar-refractivity contribution in [3.05, 3.63) is 0 Å². The largest absolute Gasteiger partial charge is 0.377 e. The highest BCUT2D eigenvalue weighted by Gasteiger charge is 2.23. The molecule has 1 unspecified atom stereocenters. The lowest BCUT2D eigenvalue weighted by molar-refractivity contribution is -0.490. The first-order valence-electron chi connectivity index (χ1n) is 7.04. The number of carbonyl (C=O) groups is 1. The lowest BCUT2D eigenvalue weighted by atomic mass is 10.2. The second-order valence-corrected chi connectivity index (χ2v) is 4.20. The minimum atomic E-state index is -0.781. The zero-order valence-electron chi connectivity index (χ0n) is 12.2. The van der Waals surface area contributed by atoms with Gasteiger partial charge in [-0.3, -0.25) is 4.89 Å². The molecule has 0 bridgehead atoms. The molecule has 19 heavy (non-hydrogen) atoms. The van der Waals surface area contributed by atoms with E-state index in [0.29, 0.717) is 19.6 Å². The third kappa shape index (κ3) is 10.9. The van der Waals surface area contributed by atoms with Crippen LogP contribution in [0.25, 0.3) is 0 Å². The highest BCUT2D eigenvalue weighted by molar-refractivity contribution is 5.73. The monoisotopic (exact) mass is 278 g/mol. The molecule has 0 saturated carbocycles. The number of carbonyl (C=O) groups excluding carboxylic acids is 1. The van der Waals surface area contributed by atoms with E-state index in [1.807, 2.05) is 20.8 Å². The Morgan fingerprint density at radius 1 is 0.947 bits per heavy atom. The predicted octanol–water partition coefficient (Wildman–Crippen LogP) is 3.11. The first kappa shape index (κ1) is 18.3. The van der Waals surface area contributed by atoms with Crippen molar-refractivity contribution in [2.24, 2.45) is 0 Å². The van der Waals surface area contributed by atoms with Crippen LogP contribution in [0.15, 0.2) is 0 Å². The minimum Gasteiger partial charge on any atom is -0.266 e. The zero-order chi connectivity index (χ0) is 14.3. The van der Waals surface area contributed by atoms with Crippen LogP contribution in [0, 0.1) is 0 Å². The van der Waals surface area contributed by atoms with Crippen molar-refractivity contribution in [3.63, 3.8) is 0 Å². The first-order valence-corrected chi connectivity index (χ1v) is 7.04. The zero-order valence-corrected chi connectivity index (χ0v) is 12.2. The number of hydrogen-bond donors (Lipinski definition) is 0. The summed E-state index contributed by atoms with van der Waals surface area (Å²) < 4.78 is 0. The maximum atomic E-state index is 11.6. The summed E-state index contributed by atoms with van der Waals surface area (Å²) in [6.45, 7) is 6.85.